The van der Waals surface area contributed by atoms with Gasteiger partial charge < -0.3 is 18.9 Å². The second-order valence-electron chi connectivity index (χ2n) is 9.43. The number of hydrogen-bond acceptors (Lipinski definition) is 4. The molecule has 1 aliphatic carbocycles. The number of pyridine rings is 1. The van der Waals surface area contributed by atoms with E-state index in [0.717, 1.165) is 29.7 Å². The molecule has 2 bridgehead atoms. The van der Waals surface area contributed by atoms with Crippen LogP contribution in [0.15, 0.2) is 41.2 Å². The third-order valence-electron chi connectivity index (χ3n) is 6.77. The van der Waals surface area contributed by atoms with E-state index in [9.17, 15) is 9.59 Å². The number of benzene rings is 1. The van der Waals surface area contributed by atoms with E-state index in [2.05, 4.69) is 11.8 Å². The Kier molecular flexibility index (Phi) is 5.99. The predicted octanol–water partition coefficient (Wildman–Crippen LogP) is 3.30. The molecule has 2 aliphatic heterocycles. The van der Waals surface area contributed by atoms with E-state index in [-0.39, 0.29) is 36.3 Å². The van der Waals surface area contributed by atoms with E-state index in [1.807, 2.05) is 49.1 Å². The maximum Gasteiger partial charge on any atom is 0.260 e. The highest BCUT2D eigenvalue weighted by Gasteiger charge is 2.35. The smallest absolute Gasteiger partial charge is 0.260 e. The Morgan fingerprint density at radius 1 is 1.12 bits per heavy atom. The quantitative estimate of drug-likeness (QED) is 0.662. The average Bonchev–Trinajstić information content (AvgIpc) is 3.58. The van der Waals surface area contributed by atoms with Gasteiger partial charge in [0.15, 0.2) is 6.61 Å². The fourth-order valence-electron chi connectivity index (χ4n) is 4.72. The number of amides is 1. The number of morpholine rings is 1. The van der Waals surface area contributed by atoms with Crippen molar-refractivity contribution in [3.63, 3.8) is 0 Å². The molecule has 3 aliphatic rings. The number of hydrogen-bond donors (Lipinski definition) is 0. The third kappa shape index (κ3) is 4.99. The first kappa shape index (κ1) is 21.8. The van der Waals surface area contributed by atoms with Crippen LogP contribution >= 0.6 is 0 Å². The molecule has 1 aromatic carbocycles. The molecule has 1 aromatic heterocycles. The number of rotatable bonds is 5. The Bertz CT molecular complexity index is 1140. The molecule has 0 spiro atoms. The minimum atomic E-state index is -0.146. The van der Waals surface area contributed by atoms with Gasteiger partial charge in [0, 0.05) is 36.3 Å². The number of likely N-dealkylation sites (tertiary alicyclic amines) is 1. The first-order valence-corrected chi connectivity index (χ1v) is 11.9. The van der Waals surface area contributed by atoms with Crippen molar-refractivity contribution in [2.75, 3.05) is 19.7 Å². The molecule has 3 heterocycles. The summed E-state index contributed by atoms with van der Waals surface area (Å²) in [6.07, 6.45) is 4.76. The monoisotopic (exact) mass is 446 g/mol. The van der Waals surface area contributed by atoms with Crippen molar-refractivity contribution in [1.82, 2.24) is 9.47 Å². The Morgan fingerprint density at radius 2 is 1.82 bits per heavy atom. The summed E-state index contributed by atoms with van der Waals surface area (Å²) < 4.78 is 13.3. The van der Waals surface area contributed by atoms with Crippen LogP contribution in [0.5, 0.6) is 5.75 Å². The lowest BCUT2D eigenvalue weighted by Crippen LogP contribution is -2.47. The lowest BCUT2D eigenvalue weighted by atomic mass is 10.1. The van der Waals surface area contributed by atoms with Gasteiger partial charge in [-0.05, 0) is 63.3 Å². The zero-order valence-corrected chi connectivity index (χ0v) is 19.3. The van der Waals surface area contributed by atoms with Crippen LogP contribution in [-0.4, -0.2) is 47.3 Å². The summed E-state index contributed by atoms with van der Waals surface area (Å²) >= 11 is 0. The van der Waals surface area contributed by atoms with Crippen LogP contribution in [0.25, 0.3) is 0 Å². The molecular formula is C27H30N2O4. The Morgan fingerprint density at radius 3 is 2.45 bits per heavy atom. The van der Waals surface area contributed by atoms with Gasteiger partial charge in [-0.3, -0.25) is 9.59 Å². The first-order chi connectivity index (χ1) is 16.0. The van der Waals surface area contributed by atoms with Crippen LogP contribution in [0.4, 0.5) is 0 Å². The third-order valence-corrected chi connectivity index (χ3v) is 6.77. The molecule has 0 radical (unpaired) electrons. The van der Waals surface area contributed by atoms with Gasteiger partial charge in [0.1, 0.15) is 5.75 Å². The normalized spacial score (nSPS) is 22.4. The zero-order chi connectivity index (χ0) is 22.9. The molecule has 2 saturated heterocycles. The van der Waals surface area contributed by atoms with Crippen LogP contribution < -0.4 is 10.3 Å². The van der Waals surface area contributed by atoms with Crippen molar-refractivity contribution >= 4 is 5.91 Å². The Hall–Kier alpha value is -3.04. The van der Waals surface area contributed by atoms with E-state index in [1.165, 1.54) is 18.9 Å². The van der Waals surface area contributed by atoms with E-state index in [4.69, 9.17) is 9.47 Å². The van der Waals surface area contributed by atoms with Gasteiger partial charge in [-0.15, -0.1) is 0 Å². The largest absolute Gasteiger partial charge is 0.484 e. The number of ether oxygens (including phenoxy) is 2. The number of fused-ring (bicyclic) bond motifs is 2. The average molecular weight is 447 g/mol. The Balaban J connectivity index is 1.24. The summed E-state index contributed by atoms with van der Waals surface area (Å²) in [5, 5.41) is 0. The SMILES string of the molecule is Cc1cc(OCC(=O)N2CC3CCC(C2)O3)cc(=O)n1[C@H](C)c1ccc(C#CC2CC2)cc1. The van der Waals surface area contributed by atoms with Crippen LogP contribution in [0.3, 0.4) is 0 Å². The fourth-order valence-corrected chi connectivity index (χ4v) is 4.72. The molecule has 172 valence electrons. The highest BCUT2D eigenvalue weighted by atomic mass is 16.5. The van der Waals surface area contributed by atoms with Gasteiger partial charge in [0.05, 0.1) is 18.2 Å². The second-order valence-corrected chi connectivity index (χ2v) is 9.43. The minimum absolute atomic E-state index is 0.0599. The molecule has 2 aromatic rings. The van der Waals surface area contributed by atoms with E-state index in [1.54, 1.807) is 4.57 Å². The summed E-state index contributed by atoms with van der Waals surface area (Å²) in [7, 11) is 0. The molecule has 5 rings (SSSR count). The van der Waals surface area contributed by atoms with E-state index >= 15 is 0 Å². The number of nitrogens with zero attached hydrogens (tertiary/aromatic N) is 2. The maximum atomic E-state index is 12.9. The molecular weight excluding hydrogens is 416 g/mol. The Labute approximate surface area is 194 Å². The van der Waals surface area contributed by atoms with Gasteiger partial charge in [-0.25, -0.2) is 0 Å². The standard InChI is InChI=1S/C27H30N2O4/c1-18-13-25(32-17-27(31)28-15-23-11-12-24(16-28)33-23)14-26(30)29(18)19(2)22-9-7-21(8-10-22)6-5-20-3-4-20/h7-10,13-14,19-20,23-24H,3-4,11-12,15-17H2,1-2H3/t19-,23?,24?/m1/s1. The van der Waals surface area contributed by atoms with Gasteiger partial charge in [-0.2, -0.15) is 0 Å². The lowest BCUT2D eigenvalue weighted by Gasteiger charge is -2.32. The number of carbonyl (C=O) groups is 1. The van der Waals surface area contributed by atoms with E-state index in [0.29, 0.717) is 24.8 Å². The van der Waals surface area contributed by atoms with Gasteiger partial charge in [0.25, 0.3) is 11.5 Å². The maximum absolute atomic E-state index is 12.9. The lowest BCUT2D eigenvalue weighted by molar-refractivity contribution is -0.141. The summed E-state index contributed by atoms with van der Waals surface area (Å²) in [5.74, 6) is 7.44. The van der Waals surface area contributed by atoms with Crippen molar-refractivity contribution in [2.24, 2.45) is 5.92 Å². The molecule has 6 heteroatoms. The number of aryl methyl sites for hydroxylation is 1. The summed E-state index contributed by atoms with van der Waals surface area (Å²) in [4.78, 5) is 27.3. The van der Waals surface area contributed by atoms with Crippen LogP contribution in [0.2, 0.25) is 0 Å². The molecule has 3 atom stereocenters. The van der Waals surface area contributed by atoms with Crippen molar-refractivity contribution < 1.29 is 14.3 Å². The summed E-state index contributed by atoms with van der Waals surface area (Å²) in [6.45, 7) is 5.09. The summed E-state index contributed by atoms with van der Waals surface area (Å²) in [6, 6.07) is 11.3. The van der Waals surface area contributed by atoms with Gasteiger partial charge in [-0.1, -0.05) is 24.0 Å². The topological polar surface area (TPSA) is 60.8 Å². The van der Waals surface area contributed by atoms with Crippen molar-refractivity contribution in [3.8, 4) is 17.6 Å². The van der Waals surface area contributed by atoms with Gasteiger partial charge in [0.2, 0.25) is 0 Å². The molecule has 3 fully saturated rings. The second kappa shape index (κ2) is 9.07. The summed E-state index contributed by atoms with van der Waals surface area (Å²) in [5.41, 5.74) is 2.69. The van der Waals surface area contributed by atoms with Crippen LogP contribution in [0.1, 0.15) is 55.5 Å². The molecule has 6 nitrogen and oxygen atoms in total. The highest BCUT2D eigenvalue weighted by Crippen LogP contribution is 2.28. The van der Waals surface area contributed by atoms with Gasteiger partial charge >= 0.3 is 0 Å². The van der Waals surface area contributed by atoms with E-state index < -0.39 is 0 Å². The molecule has 0 N–H and O–H groups in total. The molecule has 33 heavy (non-hydrogen) atoms. The predicted molar refractivity (Wildman–Crippen MR) is 125 cm³/mol. The van der Waals surface area contributed by atoms with Crippen LogP contribution in [-0.2, 0) is 9.53 Å². The molecule has 1 amide bonds. The van der Waals surface area contributed by atoms with Crippen molar-refractivity contribution in [1.29, 1.82) is 0 Å². The number of carbonyl (C=O) groups excluding carboxylic acids is 1. The van der Waals surface area contributed by atoms with Crippen molar-refractivity contribution in [3.05, 3.63) is 63.6 Å². The molecule has 1 saturated carbocycles. The van der Waals surface area contributed by atoms with Crippen molar-refractivity contribution in [2.45, 2.75) is 57.8 Å². The zero-order valence-electron chi connectivity index (χ0n) is 19.3. The molecule has 2 unspecified atom stereocenters. The highest BCUT2D eigenvalue weighted by molar-refractivity contribution is 5.78. The minimum Gasteiger partial charge on any atom is -0.484 e. The first-order valence-electron chi connectivity index (χ1n) is 11.9. The van der Waals surface area contributed by atoms with Crippen LogP contribution in [0, 0.1) is 24.7 Å². The fraction of sp³-hybridized carbons (Fsp3) is 0.481. The number of aromatic nitrogens is 1.